The number of aliphatic hydroxyl groups excluding tert-OH is 1. The molecule has 0 spiro atoms. The predicted octanol–water partition coefficient (Wildman–Crippen LogP) is 4.40. The van der Waals surface area contributed by atoms with E-state index in [1.54, 1.807) is 12.1 Å². The van der Waals surface area contributed by atoms with Gasteiger partial charge in [-0.2, -0.15) is 0 Å². The average Bonchev–Trinajstić information content (AvgIpc) is 3.39. The molecule has 0 saturated carbocycles. The fraction of sp³-hybridized carbons (Fsp3) is 0.286. The van der Waals surface area contributed by atoms with E-state index in [-0.39, 0.29) is 36.7 Å². The standard InChI is InChI=1S/C35H34FN3O3/c1-22-19-24(21-31-32(22)33-29(34(41)37-15-18-40)3-2-4-30(33)38-31)20-23-13-16-39(17-14-23)35(42)27-7-5-25(6-8-27)26-9-11-28(36)12-10-26/h2-12,19,21,23-24,40H,13-18,20H2,1H3,(H,37,41). The monoisotopic (exact) mass is 563 g/mol. The number of rotatable bonds is 7. The molecule has 1 atom stereocenters. The molecule has 2 aliphatic heterocycles. The molecule has 2 amide bonds. The van der Waals surface area contributed by atoms with Crippen LogP contribution >= 0.6 is 0 Å². The molecular weight excluding hydrogens is 529 g/mol. The normalized spacial score (nSPS) is 18.0. The van der Waals surface area contributed by atoms with Crippen LogP contribution in [0.25, 0.3) is 16.7 Å². The molecular formula is C35H34FN3O3. The van der Waals surface area contributed by atoms with Crippen molar-refractivity contribution in [3.05, 3.63) is 118 Å². The van der Waals surface area contributed by atoms with Crippen molar-refractivity contribution in [2.24, 2.45) is 16.8 Å². The number of amides is 2. The van der Waals surface area contributed by atoms with Gasteiger partial charge in [0.15, 0.2) is 0 Å². The van der Waals surface area contributed by atoms with E-state index in [0.29, 0.717) is 17.0 Å². The summed E-state index contributed by atoms with van der Waals surface area (Å²) >= 11 is 0. The van der Waals surface area contributed by atoms with Gasteiger partial charge in [-0.1, -0.05) is 42.5 Å². The van der Waals surface area contributed by atoms with Crippen LogP contribution in [0, 0.1) is 17.7 Å². The van der Waals surface area contributed by atoms with E-state index in [2.05, 4.69) is 24.4 Å². The zero-order valence-electron chi connectivity index (χ0n) is 23.6. The molecule has 2 heterocycles. The molecule has 3 aromatic rings. The minimum atomic E-state index is -0.266. The first-order valence-electron chi connectivity index (χ1n) is 14.6. The first-order chi connectivity index (χ1) is 20.4. The van der Waals surface area contributed by atoms with Gasteiger partial charge in [0.25, 0.3) is 11.8 Å². The first kappa shape index (κ1) is 27.8. The summed E-state index contributed by atoms with van der Waals surface area (Å²) in [6.07, 6.45) is 7.41. The molecule has 0 aromatic heterocycles. The fourth-order valence-electron chi connectivity index (χ4n) is 6.36. The summed E-state index contributed by atoms with van der Waals surface area (Å²) < 4.78 is 13.2. The van der Waals surface area contributed by atoms with E-state index in [9.17, 15) is 14.0 Å². The van der Waals surface area contributed by atoms with Crippen LogP contribution in [0.5, 0.6) is 0 Å². The van der Waals surface area contributed by atoms with Crippen LogP contribution in [0.2, 0.25) is 0 Å². The lowest BCUT2D eigenvalue weighted by Crippen LogP contribution is -2.38. The van der Waals surface area contributed by atoms with Gasteiger partial charge in [-0.15, -0.1) is 0 Å². The number of halogens is 1. The lowest BCUT2D eigenvalue weighted by atomic mass is 9.82. The number of nitrogens with zero attached hydrogens (tertiary/aromatic N) is 2. The van der Waals surface area contributed by atoms with Gasteiger partial charge < -0.3 is 15.3 Å². The molecule has 1 aliphatic carbocycles. The summed E-state index contributed by atoms with van der Waals surface area (Å²) in [5.74, 6) is 0.337. The molecule has 2 N–H and O–H groups in total. The van der Waals surface area contributed by atoms with Crippen LogP contribution in [0.15, 0.2) is 95.1 Å². The van der Waals surface area contributed by atoms with Crippen LogP contribution in [-0.2, 0) is 0 Å². The minimum absolute atomic E-state index is 0.0511. The number of nitrogens with one attached hydrogen (secondary N) is 1. The summed E-state index contributed by atoms with van der Waals surface area (Å²) in [7, 11) is 0. The lowest BCUT2D eigenvalue weighted by molar-refractivity contribution is 0.0684. The Kier molecular flexibility index (Phi) is 7.85. The summed E-state index contributed by atoms with van der Waals surface area (Å²) in [6, 6.07) is 19.5. The van der Waals surface area contributed by atoms with Gasteiger partial charge in [0, 0.05) is 41.6 Å². The Morgan fingerprint density at radius 3 is 2.36 bits per heavy atom. The predicted molar refractivity (Wildman–Crippen MR) is 160 cm³/mol. The van der Waals surface area contributed by atoms with E-state index in [1.807, 2.05) is 47.4 Å². The second-order valence-corrected chi connectivity index (χ2v) is 11.3. The molecule has 214 valence electrons. The molecule has 42 heavy (non-hydrogen) atoms. The zero-order valence-corrected chi connectivity index (χ0v) is 23.6. The number of likely N-dealkylation sites (tertiary alicyclic amines) is 1. The maximum atomic E-state index is 13.2. The van der Waals surface area contributed by atoms with Gasteiger partial charge in [0.2, 0.25) is 0 Å². The van der Waals surface area contributed by atoms with Gasteiger partial charge in [0.1, 0.15) is 5.82 Å². The number of aliphatic hydroxyl groups is 1. The van der Waals surface area contributed by atoms with Crippen molar-refractivity contribution in [3.63, 3.8) is 0 Å². The largest absolute Gasteiger partial charge is 0.395 e. The molecule has 6 nitrogen and oxygen atoms in total. The topological polar surface area (TPSA) is 82.0 Å². The number of hydrogen-bond acceptors (Lipinski definition) is 4. The van der Waals surface area contributed by atoms with Crippen LogP contribution in [0.1, 0.15) is 46.9 Å². The van der Waals surface area contributed by atoms with Crippen molar-refractivity contribution in [1.29, 1.82) is 0 Å². The third-order valence-corrected chi connectivity index (χ3v) is 8.48. The SMILES string of the molecule is CC1=CC(CC2CCN(C(=O)c3ccc(-c4ccc(F)cc4)cc3)CC2)C=C2N=c3cccc(C(=O)NCCO)c3=C12. The summed E-state index contributed by atoms with van der Waals surface area (Å²) in [5, 5.41) is 13.5. The molecule has 1 unspecified atom stereocenters. The highest BCUT2D eigenvalue weighted by molar-refractivity contribution is 5.97. The Hall–Kier alpha value is -4.36. The highest BCUT2D eigenvalue weighted by Crippen LogP contribution is 2.35. The Morgan fingerprint density at radius 2 is 1.67 bits per heavy atom. The molecule has 7 heteroatoms. The maximum Gasteiger partial charge on any atom is 0.253 e. The molecule has 3 aliphatic rings. The van der Waals surface area contributed by atoms with Crippen molar-refractivity contribution in [2.75, 3.05) is 26.2 Å². The fourth-order valence-corrected chi connectivity index (χ4v) is 6.36. The third kappa shape index (κ3) is 5.57. The summed E-state index contributed by atoms with van der Waals surface area (Å²) in [6.45, 7) is 3.66. The van der Waals surface area contributed by atoms with Crippen LogP contribution < -0.4 is 15.9 Å². The highest BCUT2D eigenvalue weighted by Gasteiger charge is 2.28. The summed E-state index contributed by atoms with van der Waals surface area (Å²) in [5.41, 5.74) is 6.19. The lowest BCUT2D eigenvalue weighted by Gasteiger charge is -2.33. The number of allylic oxidation sites excluding steroid dienone is 3. The second kappa shape index (κ2) is 11.9. The van der Waals surface area contributed by atoms with Gasteiger partial charge in [-0.05, 0) is 91.1 Å². The molecule has 1 saturated heterocycles. The molecule has 6 rings (SSSR count). The number of fused-ring (bicyclic) bond motifs is 2. The van der Waals surface area contributed by atoms with Gasteiger partial charge in [0.05, 0.1) is 17.7 Å². The van der Waals surface area contributed by atoms with E-state index in [1.165, 1.54) is 12.1 Å². The Labute approximate surface area is 244 Å². The van der Waals surface area contributed by atoms with Gasteiger partial charge in [-0.3, -0.25) is 9.59 Å². The zero-order chi connectivity index (χ0) is 29.2. The smallest absolute Gasteiger partial charge is 0.253 e. The first-order valence-corrected chi connectivity index (χ1v) is 14.6. The van der Waals surface area contributed by atoms with Crippen LogP contribution in [0.4, 0.5) is 4.39 Å². The molecule has 3 aromatic carbocycles. The number of carbonyl (C=O) groups is 2. The van der Waals surface area contributed by atoms with E-state index in [0.717, 1.165) is 70.9 Å². The summed E-state index contributed by atoms with van der Waals surface area (Å²) in [4.78, 5) is 32.8. The van der Waals surface area contributed by atoms with E-state index < -0.39 is 0 Å². The number of carbonyl (C=O) groups excluding carboxylic acids is 2. The second-order valence-electron chi connectivity index (χ2n) is 11.3. The third-order valence-electron chi connectivity index (χ3n) is 8.48. The Morgan fingerprint density at radius 1 is 0.976 bits per heavy atom. The van der Waals surface area contributed by atoms with Gasteiger partial charge in [-0.25, -0.2) is 9.38 Å². The molecule has 0 bridgehead atoms. The average molecular weight is 564 g/mol. The van der Waals surface area contributed by atoms with Crippen molar-refractivity contribution >= 4 is 17.4 Å². The number of piperidine rings is 1. The molecule has 1 fully saturated rings. The Balaban J connectivity index is 1.09. The number of benzene rings is 3. The Bertz CT molecular complexity index is 1700. The van der Waals surface area contributed by atoms with Gasteiger partial charge >= 0.3 is 0 Å². The van der Waals surface area contributed by atoms with Crippen molar-refractivity contribution < 1.29 is 19.1 Å². The minimum Gasteiger partial charge on any atom is -0.395 e. The van der Waals surface area contributed by atoms with E-state index >= 15 is 0 Å². The van der Waals surface area contributed by atoms with E-state index in [4.69, 9.17) is 10.1 Å². The van der Waals surface area contributed by atoms with Crippen molar-refractivity contribution in [2.45, 2.75) is 26.2 Å². The maximum absolute atomic E-state index is 13.2. The number of hydrogen-bond donors (Lipinski definition) is 2. The highest BCUT2D eigenvalue weighted by atomic mass is 19.1. The van der Waals surface area contributed by atoms with Crippen LogP contribution in [0.3, 0.4) is 0 Å². The van der Waals surface area contributed by atoms with Crippen LogP contribution in [-0.4, -0.2) is 48.1 Å². The van der Waals surface area contributed by atoms with Crippen molar-refractivity contribution in [3.8, 4) is 11.1 Å². The quantitative estimate of drug-likeness (QED) is 0.447. The van der Waals surface area contributed by atoms with Crippen molar-refractivity contribution in [1.82, 2.24) is 10.2 Å². The molecule has 0 radical (unpaired) electrons.